The van der Waals surface area contributed by atoms with Crippen molar-refractivity contribution < 1.29 is 5.11 Å². The van der Waals surface area contributed by atoms with E-state index in [9.17, 15) is 5.11 Å². The van der Waals surface area contributed by atoms with E-state index in [0.717, 1.165) is 25.7 Å². The molecule has 1 heteroatoms. The Bertz CT molecular complexity index is 1060. The monoisotopic (exact) mass is 378 g/mol. The topological polar surface area (TPSA) is 20.2 Å². The minimum atomic E-state index is -0.656. The Morgan fingerprint density at radius 2 is 0.862 bits per heavy atom. The van der Waals surface area contributed by atoms with Gasteiger partial charge >= 0.3 is 0 Å². The van der Waals surface area contributed by atoms with Crippen LogP contribution in [0.15, 0.2) is 72.8 Å². The molecule has 6 rings (SSSR count). The molecule has 0 spiro atoms. The first kappa shape index (κ1) is 17.2. The molecule has 2 aliphatic carbocycles. The SMILES string of the molecule is CC1(O)C2Cc3cc4ccccc4cc3CC1Cc1cc3ccccc3cc1C2. The largest absolute Gasteiger partial charge is 0.390 e. The maximum atomic E-state index is 11.7. The first-order valence-corrected chi connectivity index (χ1v) is 10.8. The molecular weight excluding hydrogens is 352 g/mol. The van der Waals surface area contributed by atoms with Crippen molar-refractivity contribution >= 4 is 21.5 Å². The molecule has 0 radical (unpaired) electrons. The maximum absolute atomic E-state index is 11.7. The summed E-state index contributed by atoms with van der Waals surface area (Å²) >= 11 is 0. The van der Waals surface area contributed by atoms with Gasteiger partial charge in [0.2, 0.25) is 0 Å². The summed E-state index contributed by atoms with van der Waals surface area (Å²) in [6.45, 7) is 2.10. The van der Waals surface area contributed by atoms with Gasteiger partial charge in [-0.15, -0.1) is 0 Å². The molecule has 4 aromatic carbocycles. The minimum Gasteiger partial charge on any atom is -0.390 e. The molecule has 0 amide bonds. The van der Waals surface area contributed by atoms with Crippen molar-refractivity contribution in [1.82, 2.24) is 0 Å². The standard InChI is InChI=1S/C28H26O/c1-28(29)26-14-22-10-18-6-2-3-7-19(18)11-23(22)15-27(28)17-25-13-21-9-5-4-8-20(21)12-24(25)16-26/h2-13,26-27,29H,14-17H2,1H3. The Labute approximate surface area is 172 Å². The lowest BCUT2D eigenvalue weighted by atomic mass is 9.75. The summed E-state index contributed by atoms with van der Waals surface area (Å²) in [6, 6.07) is 26.8. The van der Waals surface area contributed by atoms with Gasteiger partial charge in [0.15, 0.2) is 0 Å². The summed E-state index contributed by atoms with van der Waals surface area (Å²) in [7, 11) is 0. The molecule has 0 unspecified atom stereocenters. The Morgan fingerprint density at radius 3 is 1.14 bits per heavy atom. The van der Waals surface area contributed by atoms with Crippen LogP contribution in [0.5, 0.6) is 0 Å². The van der Waals surface area contributed by atoms with Crippen molar-refractivity contribution in [2.75, 3.05) is 0 Å². The van der Waals surface area contributed by atoms with E-state index in [1.807, 2.05) is 0 Å². The van der Waals surface area contributed by atoms with Crippen molar-refractivity contribution in [3.63, 3.8) is 0 Å². The lowest BCUT2D eigenvalue weighted by Gasteiger charge is -2.36. The highest BCUT2D eigenvalue weighted by Gasteiger charge is 2.44. The quantitative estimate of drug-likeness (QED) is 0.405. The molecule has 0 aromatic heterocycles. The second-order valence-electron chi connectivity index (χ2n) is 9.37. The summed E-state index contributed by atoms with van der Waals surface area (Å²) in [5.74, 6) is 0.495. The average Bonchev–Trinajstić information content (AvgIpc) is 2.88. The third-order valence-electron chi connectivity index (χ3n) is 7.65. The van der Waals surface area contributed by atoms with Crippen molar-refractivity contribution in [3.8, 4) is 0 Å². The van der Waals surface area contributed by atoms with E-state index in [0.29, 0.717) is 0 Å². The van der Waals surface area contributed by atoms with E-state index in [-0.39, 0.29) is 11.8 Å². The van der Waals surface area contributed by atoms with E-state index >= 15 is 0 Å². The van der Waals surface area contributed by atoms with Crippen LogP contribution < -0.4 is 0 Å². The molecule has 2 aliphatic rings. The fourth-order valence-corrected chi connectivity index (χ4v) is 5.80. The van der Waals surface area contributed by atoms with Crippen LogP contribution in [0.1, 0.15) is 29.2 Å². The third kappa shape index (κ3) is 2.72. The van der Waals surface area contributed by atoms with Gasteiger partial charge in [0, 0.05) is 0 Å². The zero-order valence-electron chi connectivity index (χ0n) is 16.9. The van der Waals surface area contributed by atoms with E-state index < -0.39 is 5.60 Å². The van der Waals surface area contributed by atoms with Gasteiger partial charge in [-0.1, -0.05) is 72.8 Å². The predicted octanol–water partition coefficient (Wildman–Crippen LogP) is 5.87. The van der Waals surface area contributed by atoms with Gasteiger partial charge in [-0.2, -0.15) is 0 Å². The first-order valence-electron chi connectivity index (χ1n) is 10.8. The summed E-state index contributed by atoms with van der Waals surface area (Å²) < 4.78 is 0. The Hall–Kier alpha value is -2.64. The Kier molecular flexibility index (Phi) is 3.67. The zero-order valence-corrected chi connectivity index (χ0v) is 16.9. The molecule has 1 N–H and O–H groups in total. The van der Waals surface area contributed by atoms with Gasteiger partial charge in [0.05, 0.1) is 5.60 Å². The number of hydrogen-bond donors (Lipinski definition) is 1. The van der Waals surface area contributed by atoms with E-state index in [2.05, 4.69) is 79.7 Å². The zero-order chi connectivity index (χ0) is 19.6. The highest BCUT2D eigenvalue weighted by molar-refractivity contribution is 5.85. The number of benzene rings is 4. The lowest BCUT2D eigenvalue weighted by Crippen LogP contribution is -2.43. The molecular formula is C28H26O. The van der Waals surface area contributed by atoms with E-state index in [4.69, 9.17) is 0 Å². The van der Waals surface area contributed by atoms with E-state index in [1.54, 1.807) is 0 Å². The Balaban J connectivity index is 1.50. The average molecular weight is 379 g/mol. The van der Waals surface area contributed by atoms with Gasteiger partial charge in [0.1, 0.15) is 0 Å². The van der Waals surface area contributed by atoms with Crippen molar-refractivity contribution in [2.24, 2.45) is 11.8 Å². The van der Waals surface area contributed by atoms with Crippen LogP contribution in [0, 0.1) is 11.8 Å². The summed E-state index contributed by atoms with van der Waals surface area (Å²) in [6.07, 6.45) is 3.82. The lowest BCUT2D eigenvalue weighted by molar-refractivity contribution is -0.0474. The molecule has 144 valence electrons. The van der Waals surface area contributed by atoms with Crippen LogP contribution in [-0.2, 0) is 25.7 Å². The molecule has 0 atom stereocenters. The van der Waals surface area contributed by atoms with Gasteiger partial charge in [-0.3, -0.25) is 0 Å². The molecule has 0 heterocycles. The molecule has 0 aliphatic heterocycles. The van der Waals surface area contributed by atoms with Gasteiger partial charge in [-0.25, -0.2) is 0 Å². The summed E-state index contributed by atoms with van der Waals surface area (Å²) in [4.78, 5) is 0. The van der Waals surface area contributed by atoms with Crippen molar-refractivity contribution in [3.05, 3.63) is 95.1 Å². The van der Waals surface area contributed by atoms with Crippen LogP contribution >= 0.6 is 0 Å². The minimum absolute atomic E-state index is 0.248. The Morgan fingerprint density at radius 1 is 0.586 bits per heavy atom. The molecule has 1 nitrogen and oxygen atoms in total. The fourth-order valence-electron chi connectivity index (χ4n) is 5.80. The third-order valence-corrected chi connectivity index (χ3v) is 7.65. The second-order valence-corrected chi connectivity index (χ2v) is 9.37. The van der Waals surface area contributed by atoms with Crippen LogP contribution in [0.3, 0.4) is 0 Å². The van der Waals surface area contributed by atoms with Gasteiger partial charge < -0.3 is 5.11 Å². The van der Waals surface area contributed by atoms with Crippen LogP contribution in [0.4, 0.5) is 0 Å². The smallest absolute Gasteiger partial charge is 0.0688 e. The predicted molar refractivity (Wildman–Crippen MR) is 120 cm³/mol. The van der Waals surface area contributed by atoms with Gasteiger partial charge in [0.25, 0.3) is 0 Å². The number of hydrogen-bond acceptors (Lipinski definition) is 1. The van der Waals surface area contributed by atoms with E-state index in [1.165, 1.54) is 43.8 Å². The molecule has 29 heavy (non-hydrogen) atoms. The molecule has 2 bridgehead atoms. The first-order chi connectivity index (χ1) is 14.1. The van der Waals surface area contributed by atoms with Crippen LogP contribution in [-0.4, -0.2) is 10.7 Å². The highest BCUT2D eigenvalue weighted by Crippen LogP contribution is 2.44. The molecule has 0 saturated carbocycles. The summed E-state index contributed by atoms with van der Waals surface area (Å²) in [5, 5.41) is 17.0. The number of fused-ring (bicyclic) bond motifs is 6. The second kappa shape index (κ2) is 6.18. The number of aliphatic hydroxyl groups is 1. The fraction of sp³-hybridized carbons (Fsp3) is 0.286. The van der Waals surface area contributed by atoms with Crippen LogP contribution in [0.25, 0.3) is 21.5 Å². The molecule has 4 aromatic rings. The van der Waals surface area contributed by atoms with Crippen molar-refractivity contribution in [1.29, 1.82) is 0 Å². The molecule has 0 saturated heterocycles. The number of rotatable bonds is 0. The maximum Gasteiger partial charge on any atom is 0.0688 e. The van der Waals surface area contributed by atoms with Crippen molar-refractivity contribution in [2.45, 2.75) is 38.2 Å². The van der Waals surface area contributed by atoms with Crippen LogP contribution in [0.2, 0.25) is 0 Å². The summed E-state index contributed by atoms with van der Waals surface area (Å²) in [5.41, 5.74) is 5.07. The normalized spacial score (nSPS) is 25.9. The molecule has 0 fully saturated rings. The van der Waals surface area contributed by atoms with Gasteiger partial charge in [-0.05, 0) is 88.2 Å². The highest BCUT2D eigenvalue weighted by atomic mass is 16.3.